The van der Waals surface area contributed by atoms with E-state index in [0.717, 1.165) is 25.9 Å². The fourth-order valence-electron chi connectivity index (χ4n) is 2.70. The van der Waals surface area contributed by atoms with E-state index in [1.165, 1.54) is 19.2 Å². The Hall–Kier alpha value is -1.75. The van der Waals surface area contributed by atoms with Gasteiger partial charge in [0.05, 0.1) is 7.11 Å². The molecule has 1 saturated heterocycles. The Kier molecular flexibility index (Phi) is 4.73. The topological polar surface area (TPSA) is 67.8 Å². The first-order chi connectivity index (χ1) is 9.94. The molecule has 0 aliphatic carbocycles. The van der Waals surface area contributed by atoms with Crippen LogP contribution in [-0.4, -0.2) is 36.9 Å². The number of esters is 1. The van der Waals surface area contributed by atoms with Crippen LogP contribution in [0, 0.1) is 5.92 Å². The number of methoxy groups -OCH3 is 1. The van der Waals surface area contributed by atoms with Crippen molar-refractivity contribution in [2.75, 3.05) is 20.2 Å². The number of benzene rings is 1. The third-order valence-electron chi connectivity index (χ3n) is 4.10. The Morgan fingerprint density at radius 2 is 2.00 bits per heavy atom. The van der Waals surface area contributed by atoms with Gasteiger partial charge >= 0.3 is 5.97 Å². The molecule has 1 aromatic rings. The minimum atomic E-state index is -0.561. The lowest BCUT2D eigenvalue weighted by atomic mass is 9.83. The number of phenols is 1. The molecule has 5 heteroatoms. The third-order valence-corrected chi connectivity index (χ3v) is 4.10. The summed E-state index contributed by atoms with van der Waals surface area (Å²) in [6.45, 7) is 5.74. The van der Waals surface area contributed by atoms with E-state index in [9.17, 15) is 9.90 Å². The zero-order valence-corrected chi connectivity index (χ0v) is 12.8. The highest BCUT2D eigenvalue weighted by atomic mass is 16.6. The number of carbonyl (C=O) groups excluding carboxylic acids is 1. The van der Waals surface area contributed by atoms with Gasteiger partial charge in [-0.1, -0.05) is 0 Å². The number of piperidine rings is 1. The van der Waals surface area contributed by atoms with Crippen LogP contribution >= 0.6 is 0 Å². The molecule has 21 heavy (non-hydrogen) atoms. The summed E-state index contributed by atoms with van der Waals surface area (Å²) in [6.07, 6.45) is 1.95. The predicted molar refractivity (Wildman–Crippen MR) is 79.7 cm³/mol. The Balaban J connectivity index is 2.12. The van der Waals surface area contributed by atoms with Gasteiger partial charge in [-0.15, -0.1) is 0 Å². The molecular weight excluding hydrogens is 270 g/mol. The van der Waals surface area contributed by atoms with Crippen LogP contribution in [0.1, 0.15) is 37.0 Å². The van der Waals surface area contributed by atoms with Crippen molar-refractivity contribution in [2.45, 2.75) is 32.3 Å². The quantitative estimate of drug-likeness (QED) is 0.834. The van der Waals surface area contributed by atoms with Crippen LogP contribution in [0.3, 0.4) is 0 Å². The van der Waals surface area contributed by atoms with Gasteiger partial charge in [-0.05, 0) is 58.0 Å². The Morgan fingerprint density at radius 3 is 2.62 bits per heavy atom. The summed E-state index contributed by atoms with van der Waals surface area (Å²) < 4.78 is 10.7. The van der Waals surface area contributed by atoms with Crippen LogP contribution < -0.4 is 10.1 Å². The fraction of sp³-hybridized carbons (Fsp3) is 0.562. The SMILES string of the molecule is COc1ccc(O)c(C(=O)OC(C)(C)C2CCNCC2)c1. The van der Waals surface area contributed by atoms with Gasteiger partial charge in [0.15, 0.2) is 0 Å². The largest absolute Gasteiger partial charge is 0.507 e. The summed E-state index contributed by atoms with van der Waals surface area (Å²) in [5, 5.41) is 13.1. The molecule has 0 radical (unpaired) electrons. The fourth-order valence-corrected chi connectivity index (χ4v) is 2.70. The second kappa shape index (κ2) is 6.35. The van der Waals surface area contributed by atoms with Crippen molar-refractivity contribution in [3.63, 3.8) is 0 Å². The van der Waals surface area contributed by atoms with Crippen LogP contribution in [0.15, 0.2) is 18.2 Å². The Labute approximate surface area is 125 Å². The maximum Gasteiger partial charge on any atom is 0.342 e. The molecule has 1 aliphatic rings. The molecule has 2 N–H and O–H groups in total. The lowest BCUT2D eigenvalue weighted by Gasteiger charge is -2.36. The second-order valence-electron chi connectivity index (χ2n) is 5.90. The minimum absolute atomic E-state index is 0.0955. The molecule has 0 unspecified atom stereocenters. The van der Waals surface area contributed by atoms with Crippen molar-refractivity contribution < 1.29 is 19.4 Å². The maximum absolute atomic E-state index is 12.3. The number of carbonyl (C=O) groups is 1. The van der Waals surface area contributed by atoms with E-state index in [-0.39, 0.29) is 11.3 Å². The Bertz CT molecular complexity index is 507. The van der Waals surface area contributed by atoms with Crippen LogP contribution in [0.4, 0.5) is 0 Å². The molecule has 0 aromatic heterocycles. The van der Waals surface area contributed by atoms with Gasteiger partial charge in [0, 0.05) is 5.92 Å². The summed E-state index contributed by atoms with van der Waals surface area (Å²) in [4.78, 5) is 12.3. The summed E-state index contributed by atoms with van der Waals surface area (Å²) in [6, 6.07) is 4.53. The van der Waals surface area contributed by atoms with Crippen molar-refractivity contribution >= 4 is 5.97 Å². The second-order valence-corrected chi connectivity index (χ2v) is 5.90. The molecule has 1 heterocycles. The number of phenolic OH excluding ortho intramolecular Hbond substituents is 1. The zero-order chi connectivity index (χ0) is 15.5. The first-order valence-corrected chi connectivity index (χ1v) is 7.25. The molecule has 0 amide bonds. The number of ether oxygens (including phenoxy) is 2. The minimum Gasteiger partial charge on any atom is -0.507 e. The van der Waals surface area contributed by atoms with Gasteiger partial charge < -0.3 is 19.9 Å². The molecular formula is C16H23NO4. The average Bonchev–Trinajstić information content (AvgIpc) is 2.48. The van der Waals surface area contributed by atoms with E-state index in [1.807, 2.05) is 13.8 Å². The van der Waals surface area contributed by atoms with E-state index >= 15 is 0 Å². The van der Waals surface area contributed by atoms with Crippen molar-refractivity contribution in [2.24, 2.45) is 5.92 Å². The van der Waals surface area contributed by atoms with Crippen LogP contribution in [0.2, 0.25) is 0 Å². The smallest absolute Gasteiger partial charge is 0.342 e. The molecule has 116 valence electrons. The van der Waals surface area contributed by atoms with E-state index in [1.54, 1.807) is 6.07 Å². The van der Waals surface area contributed by atoms with Crippen molar-refractivity contribution in [3.8, 4) is 11.5 Å². The lowest BCUT2D eigenvalue weighted by molar-refractivity contribution is -0.0370. The third kappa shape index (κ3) is 3.67. The number of hydrogen-bond donors (Lipinski definition) is 2. The van der Waals surface area contributed by atoms with E-state index in [0.29, 0.717) is 11.7 Å². The molecule has 1 aromatic carbocycles. The Morgan fingerprint density at radius 1 is 1.33 bits per heavy atom. The molecule has 1 aliphatic heterocycles. The molecule has 0 atom stereocenters. The van der Waals surface area contributed by atoms with Crippen LogP contribution in [0.5, 0.6) is 11.5 Å². The molecule has 0 bridgehead atoms. The standard InChI is InChI=1S/C16H23NO4/c1-16(2,11-6-8-17-9-7-11)21-15(19)13-10-12(20-3)4-5-14(13)18/h4-5,10-11,17-18H,6-9H2,1-3H3. The highest BCUT2D eigenvalue weighted by Crippen LogP contribution is 2.31. The lowest BCUT2D eigenvalue weighted by Crippen LogP contribution is -2.42. The first-order valence-electron chi connectivity index (χ1n) is 7.25. The van der Waals surface area contributed by atoms with Gasteiger partial charge in [0.25, 0.3) is 0 Å². The maximum atomic E-state index is 12.3. The predicted octanol–water partition coefficient (Wildman–Crippen LogP) is 2.34. The van der Waals surface area contributed by atoms with Crippen molar-refractivity contribution in [1.29, 1.82) is 0 Å². The number of hydrogen-bond acceptors (Lipinski definition) is 5. The highest BCUT2D eigenvalue weighted by molar-refractivity contribution is 5.93. The van der Waals surface area contributed by atoms with Crippen molar-refractivity contribution in [3.05, 3.63) is 23.8 Å². The summed E-state index contributed by atoms with van der Waals surface area (Å²) in [5.41, 5.74) is -0.425. The molecule has 0 spiro atoms. The monoisotopic (exact) mass is 293 g/mol. The molecule has 0 saturated carbocycles. The summed E-state index contributed by atoms with van der Waals surface area (Å²) in [7, 11) is 1.51. The van der Waals surface area contributed by atoms with Crippen molar-refractivity contribution in [1.82, 2.24) is 5.32 Å². The number of rotatable bonds is 4. The van der Waals surface area contributed by atoms with E-state index in [4.69, 9.17) is 9.47 Å². The van der Waals surface area contributed by atoms with Gasteiger partial charge in [-0.3, -0.25) is 0 Å². The number of aromatic hydroxyl groups is 1. The number of nitrogens with one attached hydrogen (secondary N) is 1. The molecule has 2 rings (SSSR count). The van der Waals surface area contributed by atoms with Crippen LogP contribution in [-0.2, 0) is 4.74 Å². The van der Waals surface area contributed by atoms with E-state index in [2.05, 4.69) is 5.32 Å². The molecule has 1 fully saturated rings. The molecule has 5 nitrogen and oxygen atoms in total. The highest BCUT2D eigenvalue weighted by Gasteiger charge is 2.35. The summed E-state index contributed by atoms with van der Waals surface area (Å²) >= 11 is 0. The zero-order valence-electron chi connectivity index (χ0n) is 12.8. The van der Waals surface area contributed by atoms with Gasteiger partial charge in [-0.2, -0.15) is 0 Å². The van der Waals surface area contributed by atoms with E-state index < -0.39 is 11.6 Å². The first kappa shape index (κ1) is 15.6. The van der Waals surface area contributed by atoms with Crippen LogP contribution in [0.25, 0.3) is 0 Å². The van der Waals surface area contributed by atoms with Gasteiger partial charge in [-0.25, -0.2) is 4.79 Å². The normalized spacial score (nSPS) is 16.5. The van der Waals surface area contributed by atoms with Gasteiger partial charge in [0.2, 0.25) is 0 Å². The summed E-state index contributed by atoms with van der Waals surface area (Å²) in [5.74, 6) is 0.215. The van der Waals surface area contributed by atoms with Gasteiger partial charge in [0.1, 0.15) is 22.7 Å². The average molecular weight is 293 g/mol.